The van der Waals surface area contributed by atoms with E-state index in [2.05, 4.69) is 26.0 Å². The van der Waals surface area contributed by atoms with E-state index in [4.69, 9.17) is 24.3 Å². The fourth-order valence-electron chi connectivity index (χ4n) is 5.72. The fraction of sp³-hybridized carbons (Fsp3) is 0.733. The molecular weight excluding hydrogens is 745 g/mol. The van der Waals surface area contributed by atoms with Gasteiger partial charge in [0.2, 0.25) is 0 Å². The minimum absolute atomic E-state index is 0.0131. The molecule has 4 atom stereocenters. The van der Waals surface area contributed by atoms with Crippen molar-refractivity contribution in [2.75, 3.05) is 26.4 Å². The molecule has 0 rings (SSSR count). The average molecular weight is 826 g/mol. The summed E-state index contributed by atoms with van der Waals surface area (Å²) in [5.74, 6) is -1.06. The van der Waals surface area contributed by atoms with Crippen LogP contribution in [0.25, 0.3) is 0 Å². The minimum Gasteiger partial charge on any atom is -0.462 e. The van der Waals surface area contributed by atoms with Gasteiger partial charge in [0.05, 0.1) is 25.4 Å². The van der Waals surface area contributed by atoms with Gasteiger partial charge in [-0.25, -0.2) is 4.57 Å². The predicted octanol–water partition coefficient (Wildman–Crippen LogP) is 10.4. The van der Waals surface area contributed by atoms with Crippen molar-refractivity contribution < 1.29 is 47.8 Å². The lowest BCUT2D eigenvalue weighted by Gasteiger charge is -2.20. The van der Waals surface area contributed by atoms with Gasteiger partial charge in [0.25, 0.3) is 0 Å². The fourth-order valence-corrected chi connectivity index (χ4v) is 6.49. The normalized spacial score (nSPS) is 15.0. The Morgan fingerprint density at radius 1 is 0.614 bits per heavy atom. The number of phosphoric ester groups is 1. The highest BCUT2D eigenvalue weighted by Crippen LogP contribution is 2.43. The Balaban J connectivity index is 4.40. The minimum atomic E-state index is -4.45. The van der Waals surface area contributed by atoms with Crippen LogP contribution in [0, 0.1) is 0 Å². The number of rotatable bonds is 40. The lowest BCUT2D eigenvalue weighted by Crippen LogP contribution is -2.29. The molecule has 0 heterocycles. The molecule has 0 aromatic rings. The van der Waals surface area contributed by atoms with E-state index in [0.29, 0.717) is 25.7 Å². The first-order valence-corrected chi connectivity index (χ1v) is 23.5. The van der Waals surface area contributed by atoms with Crippen LogP contribution >= 0.6 is 7.82 Å². The number of aliphatic hydroxyl groups is 2. The molecule has 11 nitrogen and oxygen atoms in total. The Morgan fingerprint density at radius 3 is 1.70 bits per heavy atom. The molecule has 0 aliphatic carbocycles. The van der Waals surface area contributed by atoms with E-state index in [-0.39, 0.29) is 32.6 Å². The molecule has 0 saturated carbocycles. The summed E-state index contributed by atoms with van der Waals surface area (Å²) in [5, 5.41) is 20.2. The number of aliphatic hydroxyl groups excluding tert-OH is 2. The predicted molar refractivity (Wildman–Crippen MR) is 231 cm³/mol. The van der Waals surface area contributed by atoms with E-state index < -0.39 is 44.7 Å². The maximum Gasteiger partial charge on any atom is 0.472 e. The van der Waals surface area contributed by atoms with E-state index in [1.807, 2.05) is 30.4 Å². The Morgan fingerprint density at radius 2 is 1.12 bits per heavy atom. The van der Waals surface area contributed by atoms with Crippen molar-refractivity contribution in [2.24, 2.45) is 5.73 Å². The van der Waals surface area contributed by atoms with Gasteiger partial charge < -0.3 is 30.3 Å². The Hall–Kier alpha value is -2.37. The van der Waals surface area contributed by atoms with Gasteiger partial charge in [-0.15, -0.1) is 0 Å². The molecule has 0 bridgehead atoms. The molecule has 0 aliphatic heterocycles. The van der Waals surface area contributed by atoms with Gasteiger partial charge in [-0.3, -0.25) is 18.6 Å². The third-order valence-electron chi connectivity index (χ3n) is 9.08. The highest BCUT2D eigenvalue weighted by molar-refractivity contribution is 7.47. The summed E-state index contributed by atoms with van der Waals surface area (Å²) >= 11 is 0. The number of nitrogens with two attached hydrogens (primary N) is 1. The molecular formula is C45H80NO10P. The summed E-state index contributed by atoms with van der Waals surface area (Å²) in [6.45, 7) is 3.35. The third kappa shape index (κ3) is 40.2. The summed E-state index contributed by atoms with van der Waals surface area (Å²) in [6.07, 6.45) is 40.3. The summed E-state index contributed by atoms with van der Waals surface area (Å²) in [5.41, 5.74) is 5.33. The average Bonchev–Trinajstić information content (AvgIpc) is 3.18. The number of phosphoric acid groups is 1. The second-order valence-electron chi connectivity index (χ2n) is 14.6. The van der Waals surface area contributed by atoms with Crippen molar-refractivity contribution in [2.45, 2.75) is 186 Å². The lowest BCUT2D eigenvalue weighted by molar-refractivity contribution is -0.161. The van der Waals surface area contributed by atoms with Crippen molar-refractivity contribution >= 4 is 19.8 Å². The van der Waals surface area contributed by atoms with E-state index in [1.165, 1.54) is 64.2 Å². The number of carbonyl (C=O) groups excluding carboxylic acids is 2. The van der Waals surface area contributed by atoms with Crippen molar-refractivity contribution in [1.29, 1.82) is 0 Å². The van der Waals surface area contributed by atoms with Crippen LogP contribution in [-0.2, 0) is 32.7 Å². The molecule has 0 fully saturated rings. The largest absolute Gasteiger partial charge is 0.472 e. The maximum atomic E-state index is 12.6. The second-order valence-corrected chi connectivity index (χ2v) is 16.1. The van der Waals surface area contributed by atoms with Crippen LogP contribution in [0.5, 0.6) is 0 Å². The lowest BCUT2D eigenvalue weighted by atomic mass is 10.1. The smallest absolute Gasteiger partial charge is 0.462 e. The molecule has 0 aromatic carbocycles. The van der Waals surface area contributed by atoms with E-state index in [9.17, 15) is 29.3 Å². The van der Waals surface area contributed by atoms with E-state index >= 15 is 0 Å². The highest BCUT2D eigenvalue weighted by Gasteiger charge is 2.26. The molecule has 0 aromatic heterocycles. The quantitative estimate of drug-likeness (QED) is 0.0152. The summed E-state index contributed by atoms with van der Waals surface area (Å²) in [7, 11) is -4.45. The first-order chi connectivity index (χ1) is 27.6. The van der Waals surface area contributed by atoms with Crippen LogP contribution in [-0.4, -0.2) is 71.7 Å². The van der Waals surface area contributed by atoms with Crippen LogP contribution in [0.4, 0.5) is 0 Å². The number of allylic oxidation sites excluding steroid dienone is 8. The van der Waals surface area contributed by atoms with Gasteiger partial charge in [0.15, 0.2) is 6.10 Å². The molecule has 0 amide bonds. The molecule has 0 aliphatic rings. The van der Waals surface area contributed by atoms with Crippen molar-refractivity contribution in [3.63, 3.8) is 0 Å². The third-order valence-corrected chi connectivity index (χ3v) is 10.1. The second kappa shape index (κ2) is 40.4. The molecule has 57 heavy (non-hydrogen) atoms. The zero-order valence-corrected chi connectivity index (χ0v) is 36.4. The number of ether oxygens (including phenoxy) is 2. The van der Waals surface area contributed by atoms with Crippen LogP contribution in [0.15, 0.2) is 60.8 Å². The van der Waals surface area contributed by atoms with Gasteiger partial charge in [0.1, 0.15) is 6.61 Å². The summed E-state index contributed by atoms with van der Waals surface area (Å²) in [4.78, 5) is 34.9. The topological polar surface area (TPSA) is 175 Å². The van der Waals surface area contributed by atoms with E-state index in [1.54, 1.807) is 18.2 Å². The van der Waals surface area contributed by atoms with Crippen LogP contribution in [0.2, 0.25) is 0 Å². The van der Waals surface area contributed by atoms with Gasteiger partial charge in [0, 0.05) is 19.4 Å². The molecule has 5 N–H and O–H groups in total. The van der Waals surface area contributed by atoms with Gasteiger partial charge in [-0.05, 0) is 57.8 Å². The van der Waals surface area contributed by atoms with Crippen molar-refractivity contribution in [1.82, 2.24) is 0 Å². The maximum absolute atomic E-state index is 12.6. The number of hydrogen-bond donors (Lipinski definition) is 4. The van der Waals surface area contributed by atoms with E-state index in [0.717, 1.165) is 51.4 Å². The number of hydrogen-bond acceptors (Lipinski definition) is 10. The molecule has 0 radical (unpaired) electrons. The molecule has 330 valence electrons. The van der Waals surface area contributed by atoms with Gasteiger partial charge >= 0.3 is 19.8 Å². The van der Waals surface area contributed by atoms with Crippen molar-refractivity contribution in [3.05, 3.63) is 60.8 Å². The zero-order valence-electron chi connectivity index (χ0n) is 35.5. The Bertz CT molecular complexity index is 1150. The highest BCUT2D eigenvalue weighted by atomic mass is 31.2. The molecule has 1 unspecified atom stereocenters. The standard InChI is InChI=1S/C45H80NO10P/c1-3-5-7-8-9-10-11-12-13-14-15-16-17-18-22-25-29-35-44(49)53-39-43(40-55-57(51,52)54-38-37-46)56-45(50)36-30-34-42(48)33-28-24-21-19-20-23-27-32-41(47)31-26-6-4-2/h12-13,20-21,23-24,27-28,32-33,41-43,47-48H,3-11,14-19,22,25-26,29-31,34-40,46H2,1-2H3,(H,51,52)/b13-12-,23-20-,24-21-,32-27+,33-28+/t41-,42-,43-/m1/s1. The molecule has 0 saturated heterocycles. The number of esters is 2. The van der Waals surface area contributed by atoms with Crippen LogP contribution in [0.3, 0.4) is 0 Å². The Labute approximate surface area is 345 Å². The van der Waals surface area contributed by atoms with Gasteiger partial charge in [-0.2, -0.15) is 0 Å². The van der Waals surface area contributed by atoms with Crippen LogP contribution in [0.1, 0.15) is 168 Å². The van der Waals surface area contributed by atoms with Crippen LogP contribution < -0.4 is 5.73 Å². The number of carbonyl (C=O) groups is 2. The Kier molecular flexibility index (Phi) is 38.7. The first kappa shape index (κ1) is 54.6. The SMILES string of the molecule is CCCCCCCC/C=C\CCCCCCCCCC(=O)OC[C@H](COP(=O)(O)OCCN)OC(=O)CCC[C@H](O)/C=C/C=C\C/C=C\C=C\[C@H](O)CCCCC. The summed E-state index contributed by atoms with van der Waals surface area (Å²) in [6, 6.07) is 0. The number of unbranched alkanes of at least 4 members (excludes halogenated alkanes) is 15. The monoisotopic (exact) mass is 826 g/mol. The molecule has 12 heteroatoms. The summed E-state index contributed by atoms with van der Waals surface area (Å²) < 4.78 is 32.6. The zero-order chi connectivity index (χ0) is 42.1. The molecule has 0 spiro atoms. The van der Waals surface area contributed by atoms with Gasteiger partial charge in [-0.1, -0.05) is 158 Å². The first-order valence-electron chi connectivity index (χ1n) is 22.0. The van der Waals surface area contributed by atoms with Crippen molar-refractivity contribution in [3.8, 4) is 0 Å².